The lowest BCUT2D eigenvalue weighted by molar-refractivity contribution is 0.829. The fourth-order valence-corrected chi connectivity index (χ4v) is 2.15. The van der Waals surface area contributed by atoms with Gasteiger partial charge in [-0.1, -0.05) is 12.1 Å². The SMILES string of the molecule is CCN(Cc1ccnc(C(=N)N)c1)c1cccc(C)c1. The second kappa shape index (κ2) is 6.19. The summed E-state index contributed by atoms with van der Waals surface area (Å²) in [5.41, 5.74) is 9.57. The van der Waals surface area contributed by atoms with Gasteiger partial charge in [-0.05, 0) is 49.2 Å². The number of nitrogens with one attached hydrogen (secondary N) is 1. The topological polar surface area (TPSA) is 66.0 Å². The minimum atomic E-state index is 0.00505. The molecule has 0 aliphatic heterocycles. The number of anilines is 1. The van der Waals surface area contributed by atoms with Gasteiger partial charge in [0.1, 0.15) is 11.5 Å². The van der Waals surface area contributed by atoms with Crippen molar-refractivity contribution in [2.75, 3.05) is 11.4 Å². The fourth-order valence-electron chi connectivity index (χ4n) is 2.15. The van der Waals surface area contributed by atoms with E-state index in [0.717, 1.165) is 18.7 Å². The summed E-state index contributed by atoms with van der Waals surface area (Å²) in [7, 11) is 0. The Hall–Kier alpha value is -2.36. The Balaban J connectivity index is 2.22. The fraction of sp³-hybridized carbons (Fsp3) is 0.250. The Morgan fingerprint density at radius 2 is 2.10 bits per heavy atom. The first-order valence-corrected chi connectivity index (χ1v) is 6.71. The van der Waals surface area contributed by atoms with Crippen LogP contribution < -0.4 is 10.6 Å². The van der Waals surface area contributed by atoms with Crippen molar-refractivity contribution in [3.63, 3.8) is 0 Å². The third-order valence-corrected chi connectivity index (χ3v) is 3.22. The van der Waals surface area contributed by atoms with E-state index >= 15 is 0 Å². The summed E-state index contributed by atoms with van der Waals surface area (Å²) in [6.45, 7) is 5.93. The molecule has 0 fully saturated rings. The van der Waals surface area contributed by atoms with Crippen molar-refractivity contribution >= 4 is 11.5 Å². The normalized spacial score (nSPS) is 10.3. The van der Waals surface area contributed by atoms with Crippen LogP contribution in [0.3, 0.4) is 0 Å². The second-order valence-electron chi connectivity index (χ2n) is 4.82. The average molecular weight is 268 g/mol. The van der Waals surface area contributed by atoms with Gasteiger partial charge in [-0.25, -0.2) is 0 Å². The number of aryl methyl sites for hydroxylation is 1. The van der Waals surface area contributed by atoms with Gasteiger partial charge in [-0.3, -0.25) is 10.4 Å². The van der Waals surface area contributed by atoms with Crippen molar-refractivity contribution in [1.29, 1.82) is 5.41 Å². The van der Waals surface area contributed by atoms with Gasteiger partial charge in [0.2, 0.25) is 0 Å². The number of hydrogen-bond donors (Lipinski definition) is 2. The first kappa shape index (κ1) is 14.1. The molecule has 0 aliphatic rings. The number of nitrogens with zero attached hydrogens (tertiary/aromatic N) is 2. The van der Waals surface area contributed by atoms with E-state index < -0.39 is 0 Å². The molecule has 2 aromatic rings. The highest BCUT2D eigenvalue weighted by Crippen LogP contribution is 2.18. The number of amidine groups is 1. The summed E-state index contributed by atoms with van der Waals surface area (Å²) >= 11 is 0. The van der Waals surface area contributed by atoms with Crippen LogP contribution in [0.5, 0.6) is 0 Å². The monoisotopic (exact) mass is 268 g/mol. The van der Waals surface area contributed by atoms with Gasteiger partial charge in [-0.2, -0.15) is 0 Å². The lowest BCUT2D eigenvalue weighted by Crippen LogP contribution is -2.22. The molecule has 1 heterocycles. The van der Waals surface area contributed by atoms with E-state index in [9.17, 15) is 0 Å². The summed E-state index contributed by atoms with van der Waals surface area (Å²) < 4.78 is 0. The summed E-state index contributed by atoms with van der Waals surface area (Å²) in [5, 5.41) is 7.45. The van der Waals surface area contributed by atoms with Gasteiger partial charge in [0.05, 0.1) is 0 Å². The Morgan fingerprint density at radius 3 is 2.75 bits per heavy atom. The van der Waals surface area contributed by atoms with Crippen LogP contribution in [0.1, 0.15) is 23.7 Å². The molecule has 2 rings (SSSR count). The standard InChI is InChI=1S/C16H20N4/c1-3-20(14-6-4-5-12(2)9-14)11-13-7-8-19-15(10-13)16(17)18/h4-10H,3,11H2,1-2H3,(H3,17,18). The van der Waals surface area contributed by atoms with Crippen molar-refractivity contribution in [3.8, 4) is 0 Å². The molecule has 0 amide bonds. The van der Waals surface area contributed by atoms with Crippen LogP contribution in [0.15, 0.2) is 42.6 Å². The average Bonchev–Trinajstić information content (AvgIpc) is 2.45. The van der Waals surface area contributed by atoms with E-state index in [4.69, 9.17) is 11.1 Å². The smallest absolute Gasteiger partial charge is 0.141 e. The van der Waals surface area contributed by atoms with E-state index in [1.165, 1.54) is 11.3 Å². The molecule has 0 saturated heterocycles. The zero-order chi connectivity index (χ0) is 14.5. The molecule has 4 heteroatoms. The highest BCUT2D eigenvalue weighted by atomic mass is 15.1. The minimum Gasteiger partial charge on any atom is -0.382 e. The van der Waals surface area contributed by atoms with Crippen LogP contribution in [0, 0.1) is 12.3 Å². The van der Waals surface area contributed by atoms with Crippen LogP contribution >= 0.6 is 0 Å². The third-order valence-electron chi connectivity index (χ3n) is 3.22. The zero-order valence-electron chi connectivity index (χ0n) is 11.9. The van der Waals surface area contributed by atoms with Crippen LogP contribution in [0.4, 0.5) is 5.69 Å². The molecule has 4 nitrogen and oxygen atoms in total. The van der Waals surface area contributed by atoms with Gasteiger partial charge in [0.25, 0.3) is 0 Å². The molecule has 0 bridgehead atoms. The number of hydrogen-bond acceptors (Lipinski definition) is 3. The van der Waals surface area contributed by atoms with Crippen LogP contribution in [0.2, 0.25) is 0 Å². The van der Waals surface area contributed by atoms with Crippen molar-refractivity contribution < 1.29 is 0 Å². The zero-order valence-corrected chi connectivity index (χ0v) is 11.9. The molecule has 0 unspecified atom stereocenters. The van der Waals surface area contributed by atoms with Crippen LogP contribution in [-0.2, 0) is 6.54 Å². The minimum absolute atomic E-state index is 0.00505. The highest BCUT2D eigenvalue weighted by Gasteiger charge is 2.07. The molecule has 0 saturated carbocycles. The summed E-state index contributed by atoms with van der Waals surface area (Å²) in [6, 6.07) is 12.3. The maximum absolute atomic E-state index is 7.45. The Morgan fingerprint density at radius 1 is 1.30 bits per heavy atom. The van der Waals surface area contributed by atoms with Crippen LogP contribution in [0.25, 0.3) is 0 Å². The van der Waals surface area contributed by atoms with Gasteiger partial charge in [0, 0.05) is 25.0 Å². The van der Waals surface area contributed by atoms with Crippen LogP contribution in [-0.4, -0.2) is 17.4 Å². The molecule has 0 radical (unpaired) electrons. The van der Waals surface area contributed by atoms with Crippen molar-refractivity contribution in [3.05, 3.63) is 59.4 Å². The van der Waals surface area contributed by atoms with Gasteiger partial charge in [0.15, 0.2) is 0 Å². The van der Waals surface area contributed by atoms with Gasteiger partial charge >= 0.3 is 0 Å². The number of nitrogens with two attached hydrogens (primary N) is 1. The Bertz CT molecular complexity index is 607. The van der Waals surface area contributed by atoms with Crippen molar-refractivity contribution in [1.82, 2.24) is 4.98 Å². The van der Waals surface area contributed by atoms with E-state index in [0.29, 0.717) is 5.69 Å². The number of pyridine rings is 1. The summed E-state index contributed by atoms with van der Waals surface area (Å²) in [5.74, 6) is 0.00505. The number of benzene rings is 1. The Labute approximate surface area is 119 Å². The van der Waals surface area contributed by atoms with E-state index in [-0.39, 0.29) is 5.84 Å². The molecule has 0 atom stereocenters. The first-order valence-electron chi connectivity index (χ1n) is 6.71. The van der Waals surface area contributed by atoms with E-state index in [1.807, 2.05) is 12.1 Å². The second-order valence-corrected chi connectivity index (χ2v) is 4.82. The third kappa shape index (κ3) is 3.35. The lowest BCUT2D eigenvalue weighted by atomic mass is 10.1. The molecular weight excluding hydrogens is 248 g/mol. The molecular formula is C16H20N4. The predicted octanol–water partition coefficient (Wildman–Crippen LogP) is 2.70. The summed E-state index contributed by atoms with van der Waals surface area (Å²) in [4.78, 5) is 6.37. The van der Waals surface area contributed by atoms with E-state index in [2.05, 4.69) is 48.0 Å². The maximum atomic E-state index is 7.45. The molecule has 20 heavy (non-hydrogen) atoms. The molecule has 3 N–H and O–H groups in total. The lowest BCUT2D eigenvalue weighted by Gasteiger charge is -2.23. The maximum Gasteiger partial charge on any atom is 0.141 e. The van der Waals surface area contributed by atoms with Gasteiger partial charge in [-0.15, -0.1) is 0 Å². The summed E-state index contributed by atoms with van der Waals surface area (Å²) in [6.07, 6.45) is 1.70. The number of rotatable bonds is 5. The quantitative estimate of drug-likeness (QED) is 0.647. The highest BCUT2D eigenvalue weighted by molar-refractivity contribution is 5.93. The molecule has 1 aromatic carbocycles. The van der Waals surface area contributed by atoms with Crippen molar-refractivity contribution in [2.45, 2.75) is 20.4 Å². The molecule has 1 aromatic heterocycles. The predicted molar refractivity (Wildman–Crippen MR) is 83.2 cm³/mol. The molecule has 0 aliphatic carbocycles. The van der Waals surface area contributed by atoms with Gasteiger partial charge < -0.3 is 10.6 Å². The largest absolute Gasteiger partial charge is 0.382 e. The number of nitrogen functional groups attached to an aromatic ring is 1. The molecule has 104 valence electrons. The Kier molecular flexibility index (Phi) is 4.35. The molecule has 0 spiro atoms. The number of aromatic nitrogens is 1. The first-order chi connectivity index (χ1) is 9.60. The van der Waals surface area contributed by atoms with E-state index in [1.54, 1.807) is 6.20 Å². The van der Waals surface area contributed by atoms with Crippen molar-refractivity contribution in [2.24, 2.45) is 5.73 Å².